The van der Waals surface area contributed by atoms with Crippen LogP contribution in [0.5, 0.6) is 0 Å². The zero-order valence-electron chi connectivity index (χ0n) is 10.9. The summed E-state index contributed by atoms with van der Waals surface area (Å²) in [4.78, 5) is 5.37. The standard InChI is InChI=1S/C14H26N2O/c17-11-12-5-7-15(9-12)14-6-8-16(10-14)13-3-1-2-4-13/h12-14,17H,1-11H2. The molecule has 0 radical (unpaired) electrons. The van der Waals surface area contributed by atoms with Crippen LogP contribution in [-0.2, 0) is 0 Å². The fourth-order valence-electron chi connectivity index (χ4n) is 4.01. The second-order valence-electron chi connectivity index (χ2n) is 6.21. The SMILES string of the molecule is OCC1CCN(C2CCN(C3CCCC3)C2)C1. The van der Waals surface area contributed by atoms with E-state index in [0.717, 1.165) is 18.6 Å². The first-order valence-electron chi connectivity index (χ1n) is 7.46. The van der Waals surface area contributed by atoms with Crippen LogP contribution in [0.25, 0.3) is 0 Å². The van der Waals surface area contributed by atoms with Gasteiger partial charge in [-0.25, -0.2) is 0 Å². The van der Waals surface area contributed by atoms with Gasteiger partial charge in [-0.15, -0.1) is 0 Å². The van der Waals surface area contributed by atoms with Gasteiger partial charge in [-0.2, -0.15) is 0 Å². The van der Waals surface area contributed by atoms with Gasteiger partial charge in [0.15, 0.2) is 0 Å². The fraction of sp³-hybridized carbons (Fsp3) is 1.00. The molecule has 3 rings (SSSR count). The minimum Gasteiger partial charge on any atom is -0.396 e. The van der Waals surface area contributed by atoms with E-state index in [9.17, 15) is 5.11 Å². The Bertz CT molecular complexity index is 253. The lowest BCUT2D eigenvalue weighted by Gasteiger charge is -2.27. The maximum atomic E-state index is 9.21. The van der Waals surface area contributed by atoms with E-state index in [4.69, 9.17) is 0 Å². The van der Waals surface area contributed by atoms with Crippen LogP contribution in [0.1, 0.15) is 38.5 Å². The average molecular weight is 238 g/mol. The third kappa shape index (κ3) is 2.51. The molecule has 0 aromatic rings. The summed E-state index contributed by atoms with van der Waals surface area (Å²) in [5, 5.41) is 9.21. The molecule has 0 aromatic heterocycles. The summed E-state index contributed by atoms with van der Waals surface area (Å²) in [6.07, 6.45) is 8.33. The van der Waals surface area contributed by atoms with Crippen molar-refractivity contribution in [1.82, 2.24) is 9.80 Å². The summed E-state index contributed by atoms with van der Waals surface area (Å²) in [5.74, 6) is 0.551. The van der Waals surface area contributed by atoms with Crippen LogP contribution in [0.4, 0.5) is 0 Å². The molecule has 3 aliphatic rings. The highest BCUT2D eigenvalue weighted by Gasteiger charge is 2.35. The van der Waals surface area contributed by atoms with Crippen LogP contribution in [0.2, 0.25) is 0 Å². The number of likely N-dealkylation sites (tertiary alicyclic amines) is 2. The van der Waals surface area contributed by atoms with Crippen LogP contribution in [0, 0.1) is 5.92 Å². The molecule has 0 aromatic carbocycles. The van der Waals surface area contributed by atoms with E-state index in [1.165, 1.54) is 58.2 Å². The van der Waals surface area contributed by atoms with Crippen molar-refractivity contribution < 1.29 is 5.11 Å². The highest BCUT2D eigenvalue weighted by atomic mass is 16.3. The van der Waals surface area contributed by atoms with E-state index in [1.807, 2.05) is 0 Å². The van der Waals surface area contributed by atoms with E-state index >= 15 is 0 Å². The predicted octanol–water partition coefficient (Wildman–Crippen LogP) is 1.32. The van der Waals surface area contributed by atoms with E-state index in [0.29, 0.717) is 12.5 Å². The predicted molar refractivity (Wildman–Crippen MR) is 69.0 cm³/mol. The van der Waals surface area contributed by atoms with Gasteiger partial charge in [-0.3, -0.25) is 9.80 Å². The molecule has 98 valence electrons. The molecule has 2 unspecified atom stereocenters. The largest absolute Gasteiger partial charge is 0.396 e. The van der Waals surface area contributed by atoms with Gasteiger partial charge >= 0.3 is 0 Å². The van der Waals surface area contributed by atoms with Gasteiger partial charge in [0.05, 0.1) is 0 Å². The smallest absolute Gasteiger partial charge is 0.0471 e. The minimum absolute atomic E-state index is 0.384. The molecule has 3 heteroatoms. The van der Waals surface area contributed by atoms with Crippen molar-refractivity contribution in [3.8, 4) is 0 Å². The van der Waals surface area contributed by atoms with Crippen LogP contribution >= 0.6 is 0 Å². The quantitative estimate of drug-likeness (QED) is 0.803. The Morgan fingerprint density at radius 2 is 1.53 bits per heavy atom. The van der Waals surface area contributed by atoms with E-state index in [1.54, 1.807) is 0 Å². The van der Waals surface area contributed by atoms with Gasteiger partial charge in [0.2, 0.25) is 0 Å². The first kappa shape index (κ1) is 11.9. The number of rotatable bonds is 3. The highest BCUT2D eigenvalue weighted by Crippen LogP contribution is 2.29. The maximum absolute atomic E-state index is 9.21. The Morgan fingerprint density at radius 1 is 0.824 bits per heavy atom. The topological polar surface area (TPSA) is 26.7 Å². The molecule has 2 aliphatic heterocycles. The molecule has 2 saturated heterocycles. The summed E-state index contributed by atoms with van der Waals surface area (Å²) in [6, 6.07) is 1.68. The van der Waals surface area contributed by atoms with Crippen LogP contribution in [0.3, 0.4) is 0 Å². The Kier molecular flexibility index (Phi) is 3.69. The van der Waals surface area contributed by atoms with Gasteiger partial charge in [0.1, 0.15) is 0 Å². The lowest BCUT2D eigenvalue weighted by Crippen LogP contribution is -2.38. The van der Waals surface area contributed by atoms with Crippen LogP contribution in [-0.4, -0.2) is 59.8 Å². The zero-order chi connectivity index (χ0) is 11.7. The summed E-state index contributed by atoms with van der Waals surface area (Å²) >= 11 is 0. The Labute approximate surface area is 105 Å². The van der Waals surface area contributed by atoms with Crippen molar-refractivity contribution in [3.05, 3.63) is 0 Å². The Hall–Kier alpha value is -0.120. The first-order valence-corrected chi connectivity index (χ1v) is 7.46. The number of aliphatic hydroxyl groups is 1. The molecular weight excluding hydrogens is 212 g/mol. The first-order chi connectivity index (χ1) is 8.36. The van der Waals surface area contributed by atoms with E-state index in [-0.39, 0.29) is 0 Å². The van der Waals surface area contributed by atoms with E-state index < -0.39 is 0 Å². The van der Waals surface area contributed by atoms with Gasteiger partial charge in [0.25, 0.3) is 0 Å². The zero-order valence-corrected chi connectivity index (χ0v) is 10.9. The number of hydrogen-bond donors (Lipinski definition) is 1. The molecule has 2 heterocycles. The molecule has 1 aliphatic carbocycles. The maximum Gasteiger partial charge on any atom is 0.0471 e. The average Bonchev–Trinajstić information content (AvgIpc) is 3.09. The summed E-state index contributed by atoms with van der Waals surface area (Å²) in [5.41, 5.74) is 0. The summed E-state index contributed by atoms with van der Waals surface area (Å²) < 4.78 is 0. The molecule has 3 fully saturated rings. The number of aliphatic hydroxyl groups excluding tert-OH is 1. The molecule has 2 atom stereocenters. The van der Waals surface area contributed by atoms with Crippen LogP contribution < -0.4 is 0 Å². The van der Waals surface area contributed by atoms with Gasteiger partial charge in [-0.05, 0) is 38.1 Å². The summed E-state index contributed by atoms with van der Waals surface area (Å²) in [6.45, 7) is 5.35. The normalized spacial score (nSPS) is 37.2. The van der Waals surface area contributed by atoms with Gasteiger partial charge in [0, 0.05) is 38.3 Å². The fourth-order valence-corrected chi connectivity index (χ4v) is 4.01. The van der Waals surface area contributed by atoms with Crippen molar-refractivity contribution in [2.45, 2.75) is 50.6 Å². The molecule has 0 amide bonds. The molecule has 1 N–H and O–H groups in total. The van der Waals surface area contributed by atoms with E-state index in [2.05, 4.69) is 9.80 Å². The third-order valence-electron chi connectivity index (χ3n) is 5.13. The minimum atomic E-state index is 0.384. The highest BCUT2D eigenvalue weighted by molar-refractivity contribution is 4.91. The second kappa shape index (κ2) is 5.25. The second-order valence-corrected chi connectivity index (χ2v) is 6.21. The van der Waals surface area contributed by atoms with Crippen molar-refractivity contribution >= 4 is 0 Å². The molecule has 3 nitrogen and oxygen atoms in total. The number of nitrogens with zero attached hydrogens (tertiary/aromatic N) is 2. The third-order valence-corrected chi connectivity index (χ3v) is 5.13. The number of hydrogen-bond acceptors (Lipinski definition) is 3. The lowest BCUT2D eigenvalue weighted by molar-refractivity contribution is 0.183. The van der Waals surface area contributed by atoms with Crippen molar-refractivity contribution in [1.29, 1.82) is 0 Å². The van der Waals surface area contributed by atoms with Gasteiger partial charge in [-0.1, -0.05) is 12.8 Å². The van der Waals surface area contributed by atoms with Crippen molar-refractivity contribution in [2.75, 3.05) is 32.8 Å². The van der Waals surface area contributed by atoms with Crippen LogP contribution in [0.15, 0.2) is 0 Å². The molecule has 1 saturated carbocycles. The Morgan fingerprint density at radius 3 is 2.24 bits per heavy atom. The van der Waals surface area contributed by atoms with Crippen molar-refractivity contribution in [2.24, 2.45) is 5.92 Å². The molecule has 0 bridgehead atoms. The summed E-state index contributed by atoms with van der Waals surface area (Å²) in [7, 11) is 0. The van der Waals surface area contributed by atoms with Crippen molar-refractivity contribution in [3.63, 3.8) is 0 Å². The molecular formula is C14H26N2O. The molecule has 0 spiro atoms. The lowest BCUT2D eigenvalue weighted by atomic mass is 10.1. The van der Waals surface area contributed by atoms with Gasteiger partial charge < -0.3 is 5.11 Å². The monoisotopic (exact) mass is 238 g/mol. The Balaban J connectivity index is 1.50. The molecule has 17 heavy (non-hydrogen) atoms.